The summed E-state index contributed by atoms with van der Waals surface area (Å²) in [5.41, 5.74) is 0.472. The first kappa shape index (κ1) is 56.1. The van der Waals surface area contributed by atoms with Gasteiger partial charge in [0.1, 0.15) is 23.8 Å². The number of nitrogens with one attached hydrogen (secondary N) is 1. The van der Waals surface area contributed by atoms with Crippen LogP contribution in [0.5, 0.6) is 0 Å². The van der Waals surface area contributed by atoms with E-state index in [1.165, 1.54) is 11.3 Å². The standard InChI is InChI=1S/C51H80N4O10S/c1-15-33(6)45(54(12)48(59)38(32(4)5)28-42(57)34(7)31(2)3)43(62-13)29-44(58)55-24-19-22-40(55)46(63-14)35(8)41(56)27-37(26-36-20-17-16-18-21-36)47-53-39(30-66-47)49(60)64-25-23-52-50(61)65-51(9,10)11/h16-18,20-21,30-35,37-38,40,43,45-46H,15,19,22-29H2,1-14H3,(H,52,61)/t33-,34-,35-,37+,38-,40-,43+,45-,46+/m0/s1. The molecule has 0 radical (unpaired) electrons. The zero-order valence-corrected chi connectivity index (χ0v) is 43.0. The lowest BCUT2D eigenvalue weighted by atomic mass is 9.82. The molecule has 1 aliphatic heterocycles. The highest BCUT2D eigenvalue weighted by molar-refractivity contribution is 7.09. The second-order valence-electron chi connectivity index (χ2n) is 19.8. The van der Waals surface area contributed by atoms with Crippen LogP contribution in [0, 0.1) is 35.5 Å². The lowest BCUT2D eigenvalue weighted by Gasteiger charge is -2.41. The van der Waals surface area contributed by atoms with Crippen LogP contribution < -0.4 is 5.32 Å². The maximum Gasteiger partial charge on any atom is 0.407 e. The van der Waals surface area contributed by atoms with E-state index in [2.05, 4.69) is 24.1 Å². The number of esters is 1. The number of aromatic nitrogens is 1. The Morgan fingerprint density at radius 3 is 2.12 bits per heavy atom. The number of Topliss-reactive ketones (excluding diaryl/α,β-unsaturated/α-hetero) is 2. The second-order valence-corrected chi connectivity index (χ2v) is 20.7. The van der Waals surface area contributed by atoms with E-state index in [4.69, 9.17) is 18.9 Å². The topological polar surface area (TPSA) is 171 Å². The molecule has 370 valence electrons. The summed E-state index contributed by atoms with van der Waals surface area (Å²) in [4.78, 5) is 89.5. The predicted octanol–water partition coefficient (Wildman–Crippen LogP) is 8.55. The fourth-order valence-electron chi connectivity index (χ4n) is 8.81. The number of ether oxygens (including phenoxy) is 4. The van der Waals surface area contributed by atoms with Crippen LogP contribution in [0.25, 0.3) is 0 Å². The molecule has 66 heavy (non-hydrogen) atoms. The molecule has 0 bridgehead atoms. The van der Waals surface area contributed by atoms with Gasteiger partial charge >= 0.3 is 12.1 Å². The molecule has 3 rings (SSSR count). The molecule has 0 aliphatic carbocycles. The number of carbonyl (C=O) groups excluding carboxylic acids is 6. The Morgan fingerprint density at radius 1 is 0.894 bits per heavy atom. The number of hydrogen-bond acceptors (Lipinski definition) is 12. The van der Waals surface area contributed by atoms with Crippen LogP contribution in [0.4, 0.5) is 4.79 Å². The first-order valence-electron chi connectivity index (χ1n) is 23.8. The Bertz CT molecular complexity index is 1880. The molecule has 1 aromatic carbocycles. The van der Waals surface area contributed by atoms with Crippen LogP contribution in [0.2, 0.25) is 0 Å². The smallest absolute Gasteiger partial charge is 0.407 e. The monoisotopic (exact) mass is 941 g/mol. The van der Waals surface area contributed by atoms with Crippen molar-refractivity contribution in [3.05, 3.63) is 52.0 Å². The molecule has 3 amide bonds. The quantitative estimate of drug-likeness (QED) is 0.0708. The maximum atomic E-state index is 14.4. The molecule has 14 nitrogen and oxygen atoms in total. The van der Waals surface area contributed by atoms with Crippen molar-refractivity contribution < 1.29 is 47.7 Å². The average molecular weight is 941 g/mol. The molecule has 2 heterocycles. The Kier molecular flexibility index (Phi) is 22.4. The SMILES string of the molecule is CC[C@H](C)[C@@H]([C@@H](CC(=O)N1CCC[C@H]1[C@H](OC)[C@@H](C)C(=O)C[C@@H](Cc1ccccc1)c1nc(C(=O)OCCNC(=O)OC(C)(C)C)cs1)OC)N(C)C(=O)[C@@H](CC(=O)[C@@H](C)C(C)C)C(C)C. The molecular weight excluding hydrogens is 861 g/mol. The van der Waals surface area contributed by atoms with E-state index in [-0.39, 0.29) is 97.1 Å². The van der Waals surface area contributed by atoms with Gasteiger partial charge in [0.25, 0.3) is 0 Å². The molecule has 1 fully saturated rings. The Hall–Kier alpha value is -4.21. The van der Waals surface area contributed by atoms with Gasteiger partial charge in [-0.05, 0) is 63.4 Å². The van der Waals surface area contributed by atoms with Crippen LogP contribution in [0.3, 0.4) is 0 Å². The first-order chi connectivity index (χ1) is 31.0. The number of rotatable bonds is 26. The van der Waals surface area contributed by atoms with Crippen molar-refractivity contribution in [1.29, 1.82) is 0 Å². The minimum absolute atomic E-state index is 0.00921. The first-order valence-corrected chi connectivity index (χ1v) is 24.7. The van der Waals surface area contributed by atoms with E-state index in [1.54, 1.807) is 52.3 Å². The van der Waals surface area contributed by atoms with Crippen molar-refractivity contribution in [3.8, 4) is 0 Å². The number of nitrogens with zero attached hydrogens (tertiary/aromatic N) is 3. The van der Waals surface area contributed by atoms with Gasteiger partial charge in [-0.2, -0.15) is 0 Å². The molecular formula is C51H80N4O10S. The predicted molar refractivity (Wildman–Crippen MR) is 257 cm³/mol. The van der Waals surface area contributed by atoms with Gasteiger partial charge in [-0.1, -0.05) is 92.1 Å². The van der Waals surface area contributed by atoms with Gasteiger partial charge in [0.15, 0.2) is 5.69 Å². The van der Waals surface area contributed by atoms with Gasteiger partial charge < -0.3 is 34.1 Å². The van der Waals surface area contributed by atoms with Crippen molar-refractivity contribution in [3.63, 3.8) is 0 Å². The highest BCUT2D eigenvalue weighted by atomic mass is 32.1. The summed E-state index contributed by atoms with van der Waals surface area (Å²) in [6, 6.07) is 9.00. The third kappa shape index (κ3) is 16.2. The van der Waals surface area contributed by atoms with Crippen molar-refractivity contribution in [1.82, 2.24) is 20.1 Å². The molecule has 1 saturated heterocycles. The number of hydrogen-bond donors (Lipinski definition) is 1. The number of likely N-dealkylation sites (N-methyl/N-ethyl adjacent to an activating group) is 1. The lowest BCUT2D eigenvalue weighted by molar-refractivity contribution is -0.149. The van der Waals surface area contributed by atoms with E-state index >= 15 is 0 Å². The van der Waals surface area contributed by atoms with Crippen molar-refractivity contribution >= 4 is 46.8 Å². The van der Waals surface area contributed by atoms with E-state index in [9.17, 15) is 28.8 Å². The maximum absolute atomic E-state index is 14.4. The lowest BCUT2D eigenvalue weighted by Crippen LogP contribution is -2.54. The molecule has 9 atom stereocenters. The summed E-state index contributed by atoms with van der Waals surface area (Å²) in [5, 5.41) is 4.80. The Morgan fingerprint density at radius 2 is 1.55 bits per heavy atom. The average Bonchev–Trinajstić information content (AvgIpc) is 3.97. The van der Waals surface area contributed by atoms with Gasteiger partial charge in [0, 0.05) is 69.7 Å². The molecule has 0 saturated carbocycles. The minimum atomic E-state index is -0.656. The summed E-state index contributed by atoms with van der Waals surface area (Å²) in [7, 11) is 4.92. The number of ketones is 2. The molecule has 0 spiro atoms. The third-order valence-electron chi connectivity index (χ3n) is 13.3. The van der Waals surface area contributed by atoms with Crippen LogP contribution in [-0.4, -0.2) is 121 Å². The normalized spacial score (nSPS) is 17.9. The molecule has 1 aromatic heterocycles. The molecule has 15 heteroatoms. The Balaban J connectivity index is 1.78. The van der Waals surface area contributed by atoms with Crippen LogP contribution in [0.15, 0.2) is 35.7 Å². The number of thiazole rings is 1. The van der Waals surface area contributed by atoms with Crippen LogP contribution in [-0.2, 0) is 44.5 Å². The van der Waals surface area contributed by atoms with Crippen LogP contribution in [0.1, 0.15) is 142 Å². The highest BCUT2D eigenvalue weighted by Crippen LogP contribution is 2.34. The van der Waals surface area contributed by atoms with Crippen molar-refractivity contribution in [2.75, 3.05) is 41.0 Å². The van der Waals surface area contributed by atoms with Gasteiger partial charge in [-0.3, -0.25) is 19.2 Å². The second kappa shape index (κ2) is 26.4. The highest BCUT2D eigenvalue weighted by Gasteiger charge is 2.43. The molecule has 1 N–H and O–H groups in total. The van der Waals surface area contributed by atoms with E-state index in [1.807, 2.05) is 76.8 Å². The minimum Gasteiger partial charge on any atom is -0.459 e. The third-order valence-corrected chi connectivity index (χ3v) is 14.3. The van der Waals surface area contributed by atoms with E-state index in [0.717, 1.165) is 18.4 Å². The number of methoxy groups -OCH3 is 2. The summed E-state index contributed by atoms with van der Waals surface area (Å²) in [6.07, 6.45) is 1.15. The number of likely N-dealkylation sites (tertiary alicyclic amines) is 1. The fourth-order valence-corrected chi connectivity index (χ4v) is 9.70. The number of alkyl carbamates (subject to hydrolysis) is 1. The van der Waals surface area contributed by atoms with Gasteiger partial charge in [0.05, 0.1) is 42.3 Å². The molecule has 0 unspecified atom stereocenters. The van der Waals surface area contributed by atoms with Gasteiger partial charge in [0.2, 0.25) is 11.8 Å². The summed E-state index contributed by atoms with van der Waals surface area (Å²) in [6.45, 7) is 21.6. The summed E-state index contributed by atoms with van der Waals surface area (Å²) in [5.74, 6) is -2.36. The summed E-state index contributed by atoms with van der Waals surface area (Å²) < 4.78 is 22.8. The van der Waals surface area contributed by atoms with E-state index < -0.39 is 47.7 Å². The van der Waals surface area contributed by atoms with Crippen LogP contribution >= 0.6 is 11.3 Å². The zero-order valence-electron chi connectivity index (χ0n) is 42.2. The van der Waals surface area contributed by atoms with Gasteiger partial charge in [-0.25, -0.2) is 14.6 Å². The Labute approximate surface area is 398 Å². The largest absolute Gasteiger partial charge is 0.459 e. The van der Waals surface area contributed by atoms with E-state index in [0.29, 0.717) is 24.4 Å². The van der Waals surface area contributed by atoms with Gasteiger partial charge in [-0.15, -0.1) is 11.3 Å². The fraction of sp³-hybridized carbons (Fsp3) is 0.706. The molecule has 1 aliphatic rings. The number of carbonyl (C=O) groups is 6. The number of amides is 3. The molecule has 2 aromatic rings. The van der Waals surface area contributed by atoms with Crippen molar-refractivity contribution in [2.45, 2.75) is 157 Å². The summed E-state index contributed by atoms with van der Waals surface area (Å²) >= 11 is 1.29. The van der Waals surface area contributed by atoms with Crippen molar-refractivity contribution in [2.24, 2.45) is 35.5 Å². The zero-order chi connectivity index (χ0) is 49.5. The number of benzene rings is 1.